The topological polar surface area (TPSA) is 84.3 Å². The third-order valence-electron chi connectivity index (χ3n) is 2.22. The minimum Gasteiger partial charge on any atom is -0.478 e. The standard InChI is InChI=1S/C11H17N3O3/c1-3-17-6-8(2)13-5-10-9(11(15)16)4-12-7-14-10/h4,7-8,13H,3,5-6H2,1-2H3,(H,15,16). The van der Waals surface area contributed by atoms with E-state index in [4.69, 9.17) is 9.84 Å². The van der Waals surface area contributed by atoms with Gasteiger partial charge < -0.3 is 15.2 Å². The van der Waals surface area contributed by atoms with Crippen LogP contribution in [0.3, 0.4) is 0 Å². The minimum absolute atomic E-state index is 0.128. The zero-order valence-corrected chi connectivity index (χ0v) is 10.0. The van der Waals surface area contributed by atoms with Gasteiger partial charge in [-0.25, -0.2) is 14.8 Å². The Labute approximate surface area is 100 Å². The molecule has 0 radical (unpaired) electrons. The van der Waals surface area contributed by atoms with Gasteiger partial charge in [0.05, 0.1) is 12.3 Å². The largest absolute Gasteiger partial charge is 0.478 e. The Morgan fingerprint density at radius 2 is 2.41 bits per heavy atom. The molecule has 0 saturated heterocycles. The zero-order valence-electron chi connectivity index (χ0n) is 10.0. The minimum atomic E-state index is -1.01. The van der Waals surface area contributed by atoms with E-state index in [2.05, 4.69) is 15.3 Å². The van der Waals surface area contributed by atoms with Gasteiger partial charge in [-0.15, -0.1) is 0 Å². The van der Waals surface area contributed by atoms with Crippen molar-refractivity contribution in [2.24, 2.45) is 0 Å². The summed E-state index contributed by atoms with van der Waals surface area (Å²) < 4.78 is 5.25. The molecule has 17 heavy (non-hydrogen) atoms. The summed E-state index contributed by atoms with van der Waals surface area (Å²) in [6, 6.07) is 0.145. The van der Waals surface area contributed by atoms with Crippen molar-refractivity contribution in [3.8, 4) is 0 Å². The molecule has 0 aliphatic heterocycles. The van der Waals surface area contributed by atoms with Crippen molar-refractivity contribution in [2.75, 3.05) is 13.2 Å². The first-order valence-electron chi connectivity index (χ1n) is 5.48. The summed E-state index contributed by atoms with van der Waals surface area (Å²) in [4.78, 5) is 18.6. The van der Waals surface area contributed by atoms with Crippen LogP contribution in [0.1, 0.15) is 29.9 Å². The smallest absolute Gasteiger partial charge is 0.339 e. The summed E-state index contributed by atoms with van der Waals surface area (Å²) in [7, 11) is 0. The SMILES string of the molecule is CCOCC(C)NCc1ncncc1C(=O)O. The van der Waals surface area contributed by atoms with Crippen molar-refractivity contribution in [3.63, 3.8) is 0 Å². The quantitative estimate of drug-likeness (QED) is 0.728. The van der Waals surface area contributed by atoms with Gasteiger partial charge in [-0.3, -0.25) is 0 Å². The van der Waals surface area contributed by atoms with Crippen LogP contribution in [-0.2, 0) is 11.3 Å². The van der Waals surface area contributed by atoms with E-state index in [-0.39, 0.29) is 11.6 Å². The molecule has 0 aliphatic carbocycles. The lowest BCUT2D eigenvalue weighted by Crippen LogP contribution is -2.31. The molecule has 1 heterocycles. The molecule has 0 aliphatic rings. The average molecular weight is 239 g/mol. The van der Waals surface area contributed by atoms with Crippen LogP contribution in [0.15, 0.2) is 12.5 Å². The number of aromatic nitrogens is 2. The predicted octanol–water partition coefficient (Wildman–Crippen LogP) is 0.689. The highest BCUT2D eigenvalue weighted by Crippen LogP contribution is 2.03. The Bertz CT molecular complexity index is 371. The van der Waals surface area contributed by atoms with Gasteiger partial charge in [-0.2, -0.15) is 0 Å². The summed E-state index contributed by atoms with van der Waals surface area (Å²) in [6.07, 6.45) is 2.65. The number of rotatable bonds is 7. The van der Waals surface area contributed by atoms with E-state index in [1.165, 1.54) is 12.5 Å². The van der Waals surface area contributed by atoms with Crippen molar-refractivity contribution in [3.05, 3.63) is 23.8 Å². The summed E-state index contributed by atoms with van der Waals surface area (Å²) in [5.74, 6) is -1.01. The second kappa shape index (κ2) is 6.93. The maximum absolute atomic E-state index is 10.9. The van der Waals surface area contributed by atoms with Gasteiger partial charge in [-0.1, -0.05) is 0 Å². The first-order chi connectivity index (χ1) is 8.15. The number of carboxylic acid groups (broad SMARTS) is 1. The molecule has 1 atom stereocenters. The lowest BCUT2D eigenvalue weighted by atomic mass is 10.2. The Hall–Kier alpha value is -1.53. The number of aromatic carboxylic acids is 1. The first kappa shape index (κ1) is 13.5. The number of hydrogen-bond donors (Lipinski definition) is 2. The molecular weight excluding hydrogens is 222 g/mol. The van der Waals surface area contributed by atoms with Gasteiger partial charge in [0.2, 0.25) is 0 Å². The summed E-state index contributed by atoms with van der Waals surface area (Å²) >= 11 is 0. The van der Waals surface area contributed by atoms with E-state index >= 15 is 0 Å². The van der Waals surface area contributed by atoms with E-state index in [1.807, 2.05) is 13.8 Å². The van der Waals surface area contributed by atoms with Gasteiger partial charge in [0.1, 0.15) is 11.9 Å². The van der Waals surface area contributed by atoms with Gasteiger partial charge >= 0.3 is 5.97 Å². The Morgan fingerprint density at radius 3 is 3.06 bits per heavy atom. The molecule has 0 amide bonds. The van der Waals surface area contributed by atoms with Crippen molar-refractivity contribution in [1.29, 1.82) is 0 Å². The molecule has 0 fully saturated rings. The first-order valence-corrected chi connectivity index (χ1v) is 5.48. The van der Waals surface area contributed by atoms with Gasteiger partial charge in [0.15, 0.2) is 0 Å². The number of nitrogens with zero attached hydrogens (tertiary/aromatic N) is 2. The van der Waals surface area contributed by atoms with E-state index in [0.717, 1.165) is 0 Å². The van der Waals surface area contributed by atoms with Crippen LogP contribution in [0.2, 0.25) is 0 Å². The van der Waals surface area contributed by atoms with E-state index in [1.54, 1.807) is 0 Å². The maximum Gasteiger partial charge on any atom is 0.339 e. The molecule has 6 nitrogen and oxygen atoms in total. The molecule has 6 heteroatoms. The highest BCUT2D eigenvalue weighted by atomic mass is 16.5. The second-order valence-corrected chi connectivity index (χ2v) is 3.63. The molecule has 94 valence electrons. The number of carboxylic acids is 1. The lowest BCUT2D eigenvalue weighted by molar-refractivity contribution is 0.0694. The fourth-order valence-corrected chi connectivity index (χ4v) is 1.30. The Balaban J connectivity index is 2.54. The molecule has 1 unspecified atom stereocenters. The molecule has 0 aromatic carbocycles. The van der Waals surface area contributed by atoms with Gasteiger partial charge in [0.25, 0.3) is 0 Å². The summed E-state index contributed by atoms with van der Waals surface area (Å²) in [5.41, 5.74) is 0.611. The Kier molecular flexibility index (Phi) is 5.51. The molecule has 0 bridgehead atoms. The van der Waals surface area contributed by atoms with E-state index in [9.17, 15) is 4.79 Å². The zero-order chi connectivity index (χ0) is 12.7. The Morgan fingerprint density at radius 1 is 1.65 bits per heavy atom. The molecule has 0 saturated carbocycles. The van der Waals surface area contributed by atoms with Crippen LogP contribution in [0.5, 0.6) is 0 Å². The third kappa shape index (κ3) is 4.46. The molecule has 2 N–H and O–H groups in total. The van der Waals surface area contributed by atoms with Gasteiger partial charge in [-0.05, 0) is 13.8 Å². The fourth-order valence-electron chi connectivity index (χ4n) is 1.30. The van der Waals surface area contributed by atoms with Crippen LogP contribution in [0, 0.1) is 0 Å². The van der Waals surface area contributed by atoms with Crippen molar-refractivity contribution < 1.29 is 14.6 Å². The molecular formula is C11H17N3O3. The third-order valence-corrected chi connectivity index (χ3v) is 2.22. The second-order valence-electron chi connectivity index (χ2n) is 3.63. The number of ether oxygens (including phenoxy) is 1. The lowest BCUT2D eigenvalue weighted by Gasteiger charge is -2.13. The van der Waals surface area contributed by atoms with Crippen LogP contribution in [-0.4, -0.2) is 40.3 Å². The van der Waals surface area contributed by atoms with Crippen molar-refractivity contribution >= 4 is 5.97 Å². The molecule has 1 aromatic heterocycles. The molecule has 0 spiro atoms. The number of hydrogen-bond acceptors (Lipinski definition) is 5. The summed E-state index contributed by atoms with van der Waals surface area (Å²) in [5, 5.41) is 12.1. The highest BCUT2D eigenvalue weighted by molar-refractivity contribution is 5.88. The molecule has 1 rings (SSSR count). The van der Waals surface area contributed by atoms with Crippen LogP contribution in [0.25, 0.3) is 0 Å². The van der Waals surface area contributed by atoms with Crippen molar-refractivity contribution in [2.45, 2.75) is 26.4 Å². The summed E-state index contributed by atoms with van der Waals surface area (Å²) in [6.45, 7) is 5.54. The predicted molar refractivity (Wildman–Crippen MR) is 61.8 cm³/mol. The normalized spacial score (nSPS) is 12.4. The average Bonchev–Trinajstić information content (AvgIpc) is 2.34. The monoisotopic (exact) mass is 239 g/mol. The van der Waals surface area contributed by atoms with Crippen LogP contribution >= 0.6 is 0 Å². The maximum atomic E-state index is 10.9. The van der Waals surface area contributed by atoms with Crippen molar-refractivity contribution in [1.82, 2.24) is 15.3 Å². The fraction of sp³-hybridized carbons (Fsp3) is 0.545. The van der Waals surface area contributed by atoms with Crippen LogP contribution in [0.4, 0.5) is 0 Å². The van der Waals surface area contributed by atoms with Gasteiger partial charge in [0, 0.05) is 25.4 Å². The highest BCUT2D eigenvalue weighted by Gasteiger charge is 2.11. The number of carbonyl (C=O) groups is 1. The molecule has 1 aromatic rings. The van der Waals surface area contributed by atoms with E-state index in [0.29, 0.717) is 25.5 Å². The number of nitrogens with one attached hydrogen (secondary N) is 1. The van der Waals surface area contributed by atoms with Crippen LogP contribution < -0.4 is 5.32 Å². The van der Waals surface area contributed by atoms with E-state index < -0.39 is 5.97 Å².